The molecule has 5 heteroatoms. The van der Waals surface area contributed by atoms with Gasteiger partial charge >= 0.3 is 0 Å². The van der Waals surface area contributed by atoms with Crippen molar-refractivity contribution in [2.45, 2.75) is 6.92 Å². The molecule has 134 valence electrons. The van der Waals surface area contributed by atoms with Gasteiger partial charge in [0.15, 0.2) is 5.84 Å². The van der Waals surface area contributed by atoms with Crippen LogP contribution in [-0.2, 0) is 0 Å². The third kappa shape index (κ3) is 3.71. The molecule has 0 amide bonds. The van der Waals surface area contributed by atoms with Crippen molar-refractivity contribution in [1.29, 1.82) is 0 Å². The van der Waals surface area contributed by atoms with Crippen LogP contribution < -0.4 is 10.2 Å². The Morgan fingerprint density at radius 1 is 0.926 bits per heavy atom. The number of halogens is 1. The van der Waals surface area contributed by atoms with E-state index in [1.165, 1.54) is 0 Å². The smallest absolute Gasteiger partial charge is 0.154 e. The summed E-state index contributed by atoms with van der Waals surface area (Å²) in [7, 11) is 0. The summed E-state index contributed by atoms with van der Waals surface area (Å²) in [5, 5.41) is 5.35. The molecule has 0 fully saturated rings. The van der Waals surface area contributed by atoms with E-state index < -0.39 is 0 Å². The van der Waals surface area contributed by atoms with Crippen LogP contribution in [0.3, 0.4) is 0 Å². The van der Waals surface area contributed by atoms with Gasteiger partial charge in [0.2, 0.25) is 0 Å². The maximum absolute atomic E-state index is 6.01. The largest absolute Gasteiger partial charge is 0.494 e. The predicted molar refractivity (Wildman–Crippen MR) is 110 cm³/mol. The van der Waals surface area contributed by atoms with Crippen LogP contribution in [0, 0.1) is 0 Å². The summed E-state index contributed by atoms with van der Waals surface area (Å²) in [6.07, 6.45) is 0. The highest BCUT2D eigenvalue weighted by molar-refractivity contribution is 6.30. The minimum absolute atomic E-state index is 0.605. The lowest BCUT2D eigenvalue weighted by molar-refractivity contribution is 0.340. The van der Waals surface area contributed by atoms with Gasteiger partial charge in [-0.25, -0.2) is 4.99 Å². The number of nitrogens with one attached hydrogen (secondary N) is 1. The van der Waals surface area contributed by atoms with Crippen LogP contribution in [0.15, 0.2) is 82.9 Å². The molecule has 0 aliphatic carbocycles. The molecule has 0 bridgehead atoms. The van der Waals surface area contributed by atoms with Crippen molar-refractivity contribution >= 4 is 28.8 Å². The molecule has 1 N–H and O–H groups in total. The van der Waals surface area contributed by atoms with Gasteiger partial charge in [-0.15, -0.1) is 0 Å². The Hall–Kier alpha value is -3.11. The summed E-state index contributed by atoms with van der Waals surface area (Å²) >= 11 is 6.01. The fourth-order valence-corrected chi connectivity index (χ4v) is 3.05. The molecule has 3 aromatic carbocycles. The van der Waals surface area contributed by atoms with E-state index in [0.717, 1.165) is 33.8 Å². The van der Waals surface area contributed by atoms with Crippen LogP contribution in [0.4, 0.5) is 5.69 Å². The number of aliphatic imine (C=N–C) groups is 1. The molecule has 0 spiro atoms. The summed E-state index contributed by atoms with van der Waals surface area (Å²) < 4.78 is 5.68. The van der Waals surface area contributed by atoms with E-state index >= 15 is 0 Å². The minimum Gasteiger partial charge on any atom is -0.494 e. The van der Waals surface area contributed by atoms with Gasteiger partial charge in [-0.1, -0.05) is 41.9 Å². The number of hydrogen-bond donors (Lipinski definition) is 1. The zero-order valence-corrected chi connectivity index (χ0v) is 15.6. The second kappa shape index (κ2) is 7.64. The first kappa shape index (κ1) is 17.3. The highest BCUT2D eigenvalue weighted by Crippen LogP contribution is 2.29. The fraction of sp³-hybridized carbons (Fsp3) is 0.0909. The van der Waals surface area contributed by atoms with E-state index in [0.29, 0.717) is 17.5 Å². The van der Waals surface area contributed by atoms with Gasteiger partial charge in [-0.3, -0.25) is 5.43 Å². The van der Waals surface area contributed by atoms with Crippen LogP contribution >= 0.6 is 11.6 Å². The van der Waals surface area contributed by atoms with Crippen molar-refractivity contribution in [1.82, 2.24) is 5.43 Å². The highest BCUT2D eigenvalue weighted by atomic mass is 35.5. The quantitative estimate of drug-likeness (QED) is 0.683. The fourth-order valence-electron chi connectivity index (χ4n) is 2.93. The molecule has 1 aliphatic rings. The summed E-state index contributed by atoms with van der Waals surface area (Å²) in [4.78, 5) is 4.81. The van der Waals surface area contributed by atoms with E-state index in [1.54, 1.807) is 0 Å². The van der Waals surface area contributed by atoms with Gasteiger partial charge in [0.1, 0.15) is 11.5 Å². The maximum atomic E-state index is 6.01. The van der Waals surface area contributed by atoms with E-state index in [1.807, 2.05) is 79.7 Å². The van der Waals surface area contributed by atoms with Gasteiger partial charge in [-0.2, -0.15) is 5.10 Å². The Balaban J connectivity index is 1.85. The second-order valence-electron chi connectivity index (χ2n) is 6.02. The van der Waals surface area contributed by atoms with Crippen molar-refractivity contribution in [2.24, 2.45) is 10.1 Å². The normalized spacial score (nSPS) is 13.0. The number of hydrogen-bond acceptors (Lipinski definition) is 4. The van der Waals surface area contributed by atoms with Crippen molar-refractivity contribution < 1.29 is 4.74 Å². The first-order valence-corrected chi connectivity index (χ1v) is 9.13. The van der Waals surface area contributed by atoms with Gasteiger partial charge in [0.25, 0.3) is 0 Å². The van der Waals surface area contributed by atoms with Crippen molar-refractivity contribution in [3.63, 3.8) is 0 Å². The van der Waals surface area contributed by atoms with Crippen LogP contribution in [0.5, 0.6) is 5.75 Å². The third-order valence-corrected chi connectivity index (χ3v) is 4.46. The third-order valence-electron chi connectivity index (χ3n) is 4.20. The number of benzene rings is 3. The molecular weight excluding hydrogens is 358 g/mol. The molecule has 0 atom stereocenters. The number of ether oxygens (including phenoxy) is 1. The summed E-state index contributed by atoms with van der Waals surface area (Å²) in [6.45, 7) is 2.57. The first-order valence-electron chi connectivity index (χ1n) is 8.75. The zero-order valence-electron chi connectivity index (χ0n) is 14.8. The SMILES string of the molecule is CCOc1ccc2c(c1)C(c1ccccc1)=NNC(c1ccc(Cl)cc1)=N2. The lowest BCUT2D eigenvalue weighted by atomic mass is 10.0. The molecule has 27 heavy (non-hydrogen) atoms. The standard InChI is InChI=1S/C22H18ClN3O/c1-2-27-18-12-13-20-19(14-18)21(15-6-4-3-5-7-15)25-26-22(24-20)16-8-10-17(23)11-9-16/h3-14H,2H2,1H3,(H,24,26). The van der Waals surface area contributed by atoms with E-state index in [4.69, 9.17) is 21.3 Å². The Bertz CT molecular complexity index is 1010. The molecule has 0 aromatic heterocycles. The first-order chi connectivity index (χ1) is 13.2. The lowest BCUT2D eigenvalue weighted by Crippen LogP contribution is -2.19. The number of amidine groups is 1. The van der Waals surface area contributed by atoms with Crippen LogP contribution in [0.2, 0.25) is 5.02 Å². The summed E-state index contributed by atoms with van der Waals surface area (Å²) in [5.74, 6) is 1.47. The molecule has 1 aliphatic heterocycles. The van der Waals surface area contributed by atoms with Crippen LogP contribution in [-0.4, -0.2) is 18.2 Å². The second-order valence-corrected chi connectivity index (χ2v) is 6.45. The van der Waals surface area contributed by atoms with Crippen molar-refractivity contribution in [3.8, 4) is 5.75 Å². The topological polar surface area (TPSA) is 46.0 Å². The molecule has 0 saturated heterocycles. The molecule has 0 saturated carbocycles. The Morgan fingerprint density at radius 2 is 1.70 bits per heavy atom. The monoisotopic (exact) mass is 375 g/mol. The number of fused-ring (bicyclic) bond motifs is 1. The number of rotatable bonds is 4. The Morgan fingerprint density at radius 3 is 2.44 bits per heavy atom. The number of nitrogens with zero attached hydrogens (tertiary/aromatic N) is 2. The minimum atomic E-state index is 0.605. The van der Waals surface area contributed by atoms with Gasteiger partial charge in [-0.05, 0) is 49.4 Å². The maximum Gasteiger partial charge on any atom is 0.154 e. The lowest BCUT2D eigenvalue weighted by Gasteiger charge is -2.10. The average Bonchev–Trinajstić information content (AvgIpc) is 2.89. The summed E-state index contributed by atoms with van der Waals surface area (Å²) in [5.41, 5.74) is 7.61. The highest BCUT2D eigenvalue weighted by Gasteiger charge is 2.18. The van der Waals surface area contributed by atoms with Gasteiger partial charge < -0.3 is 4.74 Å². The van der Waals surface area contributed by atoms with Crippen molar-refractivity contribution in [3.05, 3.63) is 94.5 Å². The Labute approximate surface area is 163 Å². The van der Waals surface area contributed by atoms with Crippen LogP contribution in [0.1, 0.15) is 23.6 Å². The van der Waals surface area contributed by atoms with Crippen LogP contribution in [0.25, 0.3) is 0 Å². The Kier molecular flexibility index (Phi) is 4.90. The molecule has 4 nitrogen and oxygen atoms in total. The molecular formula is C22H18ClN3O. The molecule has 0 radical (unpaired) electrons. The van der Waals surface area contributed by atoms with E-state index in [-0.39, 0.29) is 0 Å². The van der Waals surface area contributed by atoms with E-state index in [9.17, 15) is 0 Å². The summed E-state index contributed by atoms with van der Waals surface area (Å²) in [6, 6.07) is 23.4. The van der Waals surface area contributed by atoms with Crippen molar-refractivity contribution in [2.75, 3.05) is 6.61 Å². The number of hydrazone groups is 1. The molecule has 1 heterocycles. The molecule has 4 rings (SSSR count). The zero-order chi connectivity index (χ0) is 18.6. The average molecular weight is 376 g/mol. The van der Waals surface area contributed by atoms with Gasteiger partial charge in [0, 0.05) is 21.7 Å². The molecule has 3 aromatic rings. The predicted octanol–water partition coefficient (Wildman–Crippen LogP) is 5.17. The van der Waals surface area contributed by atoms with Gasteiger partial charge in [0.05, 0.1) is 12.3 Å². The van der Waals surface area contributed by atoms with E-state index in [2.05, 4.69) is 10.5 Å². The molecule has 0 unspecified atom stereocenters.